The van der Waals surface area contributed by atoms with E-state index in [2.05, 4.69) is 13.8 Å². The molecule has 4 atom stereocenters. The van der Waals surface area contributed by atoms with Crippen molar-refractivity contribution in [1.82, 2.24) is 0 Å². The predicted molar refractivity (Wildman–Crippen MR) is 68.1 cm³/mol. The van der Waals surface area contributed by atoms with Crippen LogP contribution in [0.25, 0.3) is 0 Å². The molecular formula is C14H26O4. The molecule has 0 amide bonds. The lowest BCUT2D eigenvalue weighted by Crippen LogP contribution is -2.57. The summed E-state index contributed by atoms with van der Waals surface area (Å²) < 4.78 is 23.5. The molecule has 2 aliphatic rings. The Labute approximate surface area is 110 Å². The maximum absolute atomic E-state index is 6.09. The van der Waals surface area contributed by atoms with Gasteiger partial charge in [-0.05, 0) is 27.7 Å². The third-order valence-corrected chi connectivity index (χ3v) is 3.67. The van der Waals surface area contributed by atoms with E-state index in [1.54, 1.807) is 0 Å². The van der Waals surface area contributed by atoms with E-state index in [1.807, 2.05) is 27.7 Å². The van der Waals surface area contributed by atoms with E-state index >= 15 is 0 Å². The van der Waals surface area contributed by atoms with Crippen molar-refractivity contribution in [1.29, 1.82) is 0 Å². The lowest BCUT2D eigenvalue weighted by molar-refractivity contribution is -0.358. The molecule has 0 unspecified atom stereocenters. The number of ether oxygens (including phenoxy) is 4. The zero-order chi connectivity index (χ0) is 13.6. The van der Waals surface area contributed by atoms with Gasteiger partial charge in [-0.25, -0.2) is 0 Å². The summed E-state index contributed by atoms with van der Waals surface area (Å²) in [6.07, 6.45) is 0.124. The standard InChI is InChI=1S/C14H26O4/c1-9-7-15-13(3,4)17-11(9)12-10(2)8-16-14(5,6)18-12/h9-12H,7-8H2,1-6H3/t9-,10-,11-,12-/m0/s1. The highest BCUT2D eigenvalue weighted by atomic mass is 16.7. The molecular weight excluding hydrogens is 232 g/mol. The molecule has 2 rings (SSSR count). The largest absolute Gasteiger partial charge is 0.350 e. The molecule has 0 bridgehead atoms. The van der Waals surface area contributed by atoms with Gasteiger partial charge in [0, 0.05) is 11.8 Å². The molecule has 0 aromatic heterocycles. The SMILES string of the molecule is C[C@H]1COC(C)(C)O[C@@H]1[C@H]1OC(C)(C)OC[C@@H]1C. The summed E-state index contributed by atoms with van der Waals surface area (Å²) in [5.41, 5.74) is 0. The molecule has 0 radical (unpaired) electrons. The van der Waals surface area contributed by atoms with Crippen LogP contribution in [0.2, 0.25) is 0 Å². The second-order valence-electron chi connectivity index (χ2n) is 6.54. The van der Waals surface area contributed by atoms with Crippen LogP contribution >= 0.6 is 0 Å². The summed E-state index contributed by atoms with van der Waals surface area (Å²) in [4.78, 5) is 0. The second-order valence-corrected chi connectivity index (χ2v) is 6.54. The van der Waals surface area contributed by atoms with Gasteiger partial charge in [-0.2, -0.15) is 0 Å². The van der Waals surface area contributed by atoms with E-state index in [1.165, 1.54) is 0 Å². The highest BCUT2D eigenvalue weighted by Crippen LogP contribution is 2.36. The Morgan fingerprint density at radius 1 is 0.722 bits per heavy atom. The van der Waals surface area contributed by atoms with E-state index < -0.39 is 11.6 Å². The predicted octanol–water partition coefficient (Wildman–Crippen LogP) is 2.56. The molecule has 0 N–H and O–H groups in total. The third-order valence-electron chi connectivity index (χ3n) is 3.67. The normalized spacial score (nSPS) is 43.7. The quantitative estimate of drug-likeness (QED) is 0.724. The summed E-state index contributed by atoms with van der Waals surface area (Å²) in [5, 5.41) is 0. The van der Waals surface area contributed by atoms with Crippen molar-refractivity contribution in [2.45, 2.75) is 65.3 Å². The molecule has 0 aromatic rings. The van der Waals surface area contributed by atoms with Crippen LogP contribution in [0.5, 0.6) is 0 Å². The molecule has 2 aliphatic heterocycles. The van der Waals surface area contributed by atoms with Gasteiger partial charge in [0.2, 0.25) is 0 Å². The Morgan fingerprint density at radius 2 is 1.06 bits per heavy atom. The lowest BCUT2D eigenvalue weighted by Gasteiger charge is -2.48. The van der Waals surface area contributed by atoms with Gasteiger partial charge in [0.25, 0.3) is 0 Å². The average molecular weight is 258 g/mol. The molecule has 0 saturated carbocycles. The van der Waals surface area contributed by atoms with Gasteiger partial charge < -0.3 is 18.9 Å². The van der Waals surface area contributed by atoms with Crippen molar-refractivity contribution in [3.8, 4) is 0 Å². The Bertz CT molecular complexity index is 270. The van der Waals surface area contributed by atoms with Crippen LogP contribution in [0.4, 0.5) is 0 Å². The molecule has 2 fully saturated rings. The molecule has 2 saturated heterocycles. The molecule has 106 valence electrons. The molecule has 4 heteroatoms. The third kappa shape index (κ3) is 3.05. The first kappa shape index (κ1) is 14.3. The minimum absolute atomic E-state index is 0.0620. The van der Waals surface area contributed by atoms with Crippen molar-refractivity contribution in [2.24, 2.45) is 11.8 Å². The Morgan fingerprint density at radius 3 is 1.39 bits per heavy atom. The van der Waals surface area contributed by atoms with Crippen molar-refractivity contribution >= 4 is 0 Å². The van der Waals surface area contributed by atoms with E-state index in [0.29, 0.717) is 25.0 Å². The highest BCUT2D eigenvalue weighted by molar-refractivity contribution is 4.87. The monoisotopic (exact) mass is 258 g/mol. The number of hydrogen-bond donors (Lipinski definition) is 0. The summed E-state index contributed by atoms with van der Waals surface area (Å²) in [7, 11) is 0. The first-order valence-corrected chi connectivity index (χ1v) is 6.84. The number of hydrogen-bond acceptors (Lipinski definition) is 4. The topological polar surface area (TPSA) is 36.9 Å². The van der Waals surface area contributed by atoms with E-state index in [0.717, 1.165) is 0 Å². The smallest absolute Gasteiger partial charge is 0.163 e. The average Bonchev–Trinajstić information content (AvgIpc) is 2.25. The summed E-state index contributed by atoms with van der Waals surface area (Å²) in [6, 6.07) is 0. The molecule has 0 aliphatic carbocycles. The second kappa shape index (κ2) is 4.75. The van der Waals surface area contributed by atoms with Crippen LogP contribution in [0.3, 0.4) is 0 Å². The van der Waals surface area contributed by atoms with Gasteiger partial charge in [-0.15, -0.1) is 0 Å². The Balaban J connectivity index is 2.12. The minimum atomic E-state index is -0.525. The van der Waals surface area contributed by atoms with E-state index in [9.17, 15) is 0 Å². The zero-order valence-electron chi connectivity index (χ0n) is 12.4. The molecule has 0 spiro atoms. The van der Waals surface area contributed by atoms with Gasteiger partial charge in [0.15, 0.2) is 11.6 Å². The highest BCUT2D eigenvalue weighted by Gasteiger charge is 2.45. The van der Waals surface area contributed by atoms with Crippen molar-refractivity contribution in [3.05, 3.63) is 0 Å². The maximum atomic E-state index is 6.09. The summed E-state index contributed by atoms with van der Waals surface area (Å²) in [6.45, 7) is 13.6. The van der Waals surface area contributed by atoms with Crippen molar-refractivity contribution in [3.63, 3.8) is 0 Å². The minimum Gasteiger partial charge on any atom is -0.350 e. The van der Waals surface area contributed by atoms with Gasteiger partial charge in [-0.1, -0.05) is 13.8 Å². The fourth-order valence-electron chi connectivity index (χ4n) is 2.59. The molecule has 0 aromatic carbocycles. The fourth-order valence-corrected chi connectivity index (χ4v) is 2.59. The van der Waals surface area contributed by atoms with Crippen LogP contribution in [0, 0.1) is 11.8 Å². The molecule has 18 heavy (non-hydrogen) atoms. The van der Waals surface area contributed by atoms with Crippen LogP contribution in [0.15, 0.2) is 0 Å². The maximum Gasteiger partial charge on any atom is 0.163 e. The van der Waals surface area contributed by atoms with Gasteiger partial charge >= 0.3 is 0 Å². The number of rotatable bonds is 1. The zero-order valence-corrected chi connectivity index (χ0v) is 12.4. The first-order chi connectivity index (χ1) is 8.20. The Hall–Kier alpha value is -0.160. The first-order valence-electron chi connectivity index (χ1n) is 6.84. The lowest BCUT2D eigenvalue weighted by atomic mass is 9.90. The summed E-state index contributed by atoms with van der Waals surface area (Å²) in [5.74, 6) is -0.385. The van der Waals surface area contributed by atoms with Crippen LogP contribution in [-0.2, 0) is 18.9 Å². The Kier molecular flexibility index (Phi) is 3.76. The molecule has 2 heterocycles. The fraction of sp³-hybridized carbons (Fsp3) is 1.00. The van der Waals surface area contributed by atoms with Crippen LogP contribution in [-0.4, -0.2) is 37.0 Å². The molecule has 4 nitrogen and oxygen atoms in total. The van der Waals surface area contributed by atoms with Crippen LogP contribution < -0.4 is 0 Å². The summed E-state index contributed by atoms with van der Waals surface area (Å²) >= 11 is 0. The van der Waals surface area contributed by atoms with Gasteiger partial charge in [0.05, 0.1) is 25.4 Å². The van der Waals surface area contributed by atoms with Crippen LogP contribution in [0.1, 0.15) is 41.5 Å². The van der Waals surface area contributed by atoms with E-state index in [-0.39, 0.29) is 12.2 Å². The van der Waals surface area contributed by atoms with Gasteiger partial charge in [-0.3, -0.25) is 0 Å². The van der Waals surface area contributed by atoms with Gasteiger partial charge in [0.1, 0.15) is 0 Å². The van der Waals surface area contributed by atoms with Crippen molar-refractivity contribution < 1.29 is 18.9 Å². The van der Waals surface area contributed by atoms with Crippen molar-refractivity contribution in [2.75, 3.05) is 13.2 Å². The van der Waals surface area contributed by atoms with E-state index in [4.69, 9.17) is 18.9 Å².